The molecule has 0 aliphatic carbocycles. The molecule has 2 amide bonds. The molecule has 5 heteroatoms. The lowest BCUT2D eigenvalue weighted by atomic mass is 10.1. The van der Waals surface area contributed by atoms with Crippen LogP contribution in [-0.2, 0) is 6.54 Å². The molecule has 2 N–H and O–H groups in total. The van der Waals surface area contributed by atoms with Gasteiger partial charge in [-0.15, -0.1) is 11.3 Å². The van der Waals surface area contributed by atoms with E-state index in [4.69, 9.17) is 0 Å². The van der Waals surface area contributed by atoms with Crippen molar-refractivity contribution in [2.75, 3.05) is 6.54 Å². The highest BCUT2D eigenvalue weighted by atomic mass is 32.1. The number of rotatable bonds is 7. The normalized spacial score (nSPS) is 12.7. The molecule has 1 unspecified atom stereocenters. The molecule has 1 heterocycles. The van der Waals surface area contributed by atoms with E-state index in [1.54, 1.807) is 30.1 Å². The summed E-state index contributed by atoms with van der Waals surface area (Å²) in [5.74, 6) is 0. The molecule has 0 fully saturated rings. The van der Waals surface area contributed by atoms with E-state index < -0.39 is 5.60 Å². The molecular formula is C19H26N2O2S. The third-order valence-electron chi connectivity index (χ3n) is 3.67. The zero-order valence-electron chi connectivity index (χ0n) is 14.5. The lowest BCUT2D eigenvalue weighted by Crippen LogP contribution is -2.47. The van der Waals surface area contributed by atoms with Crippen LogP contribution in [0.3, 0.4) is 0 Å². The monoisotopic (exact) mass is 346 g/mol. The quantitative estimate of drug-likeness (QED) is 0.790. The Morgan fingerprint density at radius 3 is 2.50 bits per heavy atom. The summed E-state index contributed by atoms with van der Waals surface area (Å²) in [7, 11) is 0. The number of benzene rings is 1. The predicted octanol–water partition coefficient (Wildman–Crippen LogP) is 4.18. The molecule has 1 aromatic carbocycles. The molecule has 2 rings (SSSR count). The summed E-state index contributed by atoms with van der Waals surface area (Å²) in [6, 6.07) is 13.7. The van der Waals surface area contributed by atoms with Gasteiger partial charge in [0.2, 0.25) is 0 Å². The van der Waals surface area contributed by atoms with Crippen LogP contribution in [0, 0.1) is 0 Å². The van der Waals surface area contributed by atoms with Crippen LogP contribution in [0.4, 0.5) is 4.79 Å². The van der Waals surface area contributed by atoms with Crippen LogP contribution in [0.15, 0.2) is 47.8 Å². The van der Waals surface area contributed by atoms with Crippen LogP contribution >= 0.6 is 11.3 Å². The Morgan fingerprint density at radius 1 is 1.25 bits per heavy atom. The Labute approximate surface area is 148 Å². The Balaban J connectivity index is 2.11. The van der Waals surface area contributed by atoms with Gasteiger partial charge in [-0.3, -0.25) is 0 Å². The minimum absolute atomic E-state index is 0.00224. The van der Waals surface area contributed by atoms with E-state index in [1.165, 1.54) is 0 Å². The van der Waals surface area contributed by atoms with Gasteiger partial charge in [0.15, 0.2) is 0 Å². The standard InChI is InChI=1S/C19H26N2O2S/c1-4-16(17-11-8-12-24-17)20-18(22)21(14-19(2,3)23)13-15-9-6-5-7-10-15/h5-12,16,23H,4,13-14H2,1-3H3,(H,20,22). The minimum Gasteiger partial charge on any atom is -0.389 e. The molecule has 0 aliphatic heterocycles. The summed E-state index contributed by atoms with van der Waals surface area (Å²) in [6.45, 7) is 6.23. The van der Waals surface area contributed by atoms with Crippen molar-refractivity contribution in [3.63, 3.8) is 0 Å². The second-order valence-electron chi connectivity index (χ2n) is 6.58. The largest absolute Gasteiger partial charge is 0.389 e. The smallest absolute Gasteiger partial charge is 0.318 e. The fourth-order valence-corrected chi connectivity index (χ4v) is 3.44. The van der Waals surface area contributed by atoms with Gasteiger partial charge in [0.1, 0.15) is 0 Å². The van der Waals surface area contributed by atoms with Crippen molar-refractivity contribution in [2.24, 2.45) is 0 Å². The van der Waals surface area contributed by atoms with Crippen LogP contribution in [0.1, 0.15) is 43.7 Å². The summed E-state index contributed by atoms with van der Waals surface area (Å²) in [5, 5.41) is 15.3. The maximum absolute atomic E-state index is 12.8. The molecule has 0 aliphatic rings. The van der Waals surface area contributed by atoms with Gasteiger partial charge in [0.05, 0.1) is 18.2 Å². The van der Waals surface area contributed by atoms with E-state index in [9.17, 15) is 9.90 Å². The number of thiophene rings is 1. The van der Waals surface area contributed by atoms with E-state index in [-0.39, 0.29) is 18.6 Å². The fraction of sp³-hybridized carbons (Fsp3) is 0.421. The van der Waals surface area contributed by atoms with Crippen molar-refractivity contribution in [1.82, 2.24) is 10.2 Å². The lowest BCUT2D eigenvalue weighted by molar-refractivity contribution is 0.0442. The fourth-order valence-electron chi connectivity index (χ4n) is 2.57. The van der Waals surface area contributed by atoms with Gasteiger partial charge in [-0.1, -0.05) is 43.3 Å². The average molecular weight is 346 g/mol. The number of nitrogens with one attached hydrogen (secondary N) is 1. The first-order valence-corrected chi connectivity index (χ1v) is 9.12. The highest BCUT2D eigenvalue weighted by Gasteiger charge is 2.24. The van der Waals surface area contributed by atoms with Gasteiger partial charge in [0.25, 0.3) is 0 Å². The molecule has 0 saturated heterocycles. The molecule has 24 heavy (non-hydrogen) atoms. The predicted molar refractivity (Wildman–Crippen MR) is 99.0 cm³/mol. The van der Waals surface area contributed by atoms with Crippen molar-refractivity contribution in [3.8, 4) is 0 Å². The number of carbonyl (C=O) groups excluding carboxylic acids is 1. The van der Waals surface area contributed by atoms with E-state index in [1.807, 2.05) is 47.8 Å². The average Bonchev–Trinajstić information content (AvgIpc) is 3.05. The van der Waals surface area contributed by atoms with Gasteiger partial charge in [0, 0.05) is 11.4 Å². The van der Waals surface area contributed by atoms with Gasteiger partial charge < -0.3 is 15.3 Å². The minimum atomic E-state index is -0.948. The second kappa shape index (κ2) is 8.31. The van der Waals surface area contributed by atoms with Gasteiger partial charge in [-0.25, -0.2) is 4.79 Å². The highest BCUT2D eigenvalue weighted by Crippen LogP contribution is 2.22. The van der Waals surface area contributed by atoms with E-state index in [2.05, 4.69) is 12.2 Å². The molecule has 1 aromatic heterocycles. The van der Waals surface area contributed by atoms with Crippen molar-refractivity contribution in [2.45, 2.75) is 45.4 Å². The number of carbonyl (C=O) groups is 1. The van der Waals surface area contributed by atoms with Crippen molar-refractivity contribution >= 4 is 17.4 Å². The second-order valence-corrected chi connectivity index (χ2v) is 7.56. The summed E-state index contributed by atoms with van der Waals surface area (Å²) < 4.78 is 0. The maximum atomic E-state index is 12.8. The highest BCUT2D eigenvalue weighted by molar-refractivity contribution is 7.10. The summed E-state index contributed by atoms with van der Waals surface area (Å²) in [5.41, 5.74) is 0.0950. The van der Waals surface area contributed by atoms with E-state index in [0.29, 0.717) is 6.54 Å². The molecule has 0 bridgehead atoms. The summed E-state index contributed by atoms with van der Waals surface area (Å²) in [4.78, 5) is 15.6. The summed E-state index contributed by atoms with van der Waals surface area (Å²) in [6.07, 6.45) is 0.827. The first kappa shape index (κ1) is 18.5. The van der Waals surface area contributed by atoms with Crippen molar-refractivity contribution in [1.29, 1.82) is 0 Å². The van der Waals surface area contributed by atoms with Gasteiger partial charge in [-0.05, 0) is 37.3 Å². The van der Waals surface area contributed by atoms with Crippen LogP contribution < -0.4 is 5.32 Å². The number of aliphatic hydroxyl groups is 1. The molecule has 130 valence electrons. The molecule has 2 aromatic rings. The maximum Gasteiger partial charge on any atom is 0.318 e. The lowest BCUT2D eigenvalue weighted by Gasteiger charge is -2.31. The van der Waals surface area contributed by atoms with Gasteiger partial charge >= 0.3 is 6.03 Å². The number of hydrogen-bond acceptors (Lipinski definition) is 3. The molecule has 0 radical (unpaired) electrons. The third kappa shape index (κ3) is 5.65. The zero-order chi connectivity index (χ0) is 17.6. The number of nitrogens with zero attached hydrogens (tertiary/aromatic N) is 1. The zero-order valence-corrected chi connectivity index (χ0v) is 15.3. The number of amides is 2. The van der Waals surface area contributed by atoms with Crippen molar-refractivity contribution in [3.05, 3.63) is 58.3 Å². The Hall–Kier alpha value is -1.85. The van der Waals surface area contributed by atoms with Crippen LogP contribution in [-0.4, -0.2) is 28.2 Å². The van der Waals surface area contributed by atoms with Crippen LogP contribution in [0.5, 0.6) is 0 Å². The van der Waals surface area contributed by atoms with E-state index in [0.717, 1.165) is 16.9 Å². The molecule has 0 spiro atoms. The molecule has 4 nitrogen and oxygen atoms in total. The number of hydrogen-bond donors (Lipinski definition) is 2. The topological polar surface area (TPSA) is 52.6 Å². The van der Waals surface area contributed by atoms with Crippen LogP contribution in [0.2, 0.25) is 0 Å². The van der Waals surface area contributed by atoms with Crippen LogP contribution in [0.25, 0.3) is 0 Å². The van der Waals surface area contributed by atoms with E-state index >= 15 is 0 Å². The third-order valence-corrected chi connectivity index (χ3v) is 4.66. The molecular weight excluding hydrogens is 320 g/mol. The van der Waals surface area contributed by atoms with Crippen molar-refractivity contribution < 1.29 is 9.90 Å². The SMILES string of the molecule is CCC(NC(=O)N(Cc1ccccc1)CC(C)(C)O)c1cccs1. The first-order chi connectivity index (χ1) is 11.4. The van der Waals surface area contributed by atoms with Gasteiger partial charge in [-0.2, -0.15) is 0 Å². The Morgan fingerprint density at radius 2 is 1.96 bits per heavy atom. The number of urea groups is 1. The molecule has 1 atom stereocenters. The Bertz CT molecular complexity index is 621. The molecule has 0 saturated carbocycles. The first-order valence-electron chi connectivity index (χ1n) is 8.24. The summed E-state index contributed by atoms with van der Waals surface area (Å²) >= 11 is 1.64. The Kier molecular flexibility index (Phi) is 6.40.